The van der Waals surface area contributed by atoms with Gasteiger partial charge in [-0.3, -0.25) is 0 Å². The number of fused-ring (bicyclic) bond motifs is 1. The number of nitrogens with one attached hydrogen (secondary N) is 1. The number of sulfone groups is 1. The van der Waals surface area contributed by atoms with Crippen molar-refractivity contribution in [1.29, 1.82) is 0 Å². The largest absolute Gasteiger partial charge is 0.416 e. The lowest BCUT2D eigenvalue weighted by atomic mass is 9.99. The maximum atomic E-state index is 12.8. The van der Waals surface area contributed by atoms with Crippen LogP contribution in [0.4, 0.5) is 24.7 Å². The van der Waals surface area contributed by atoms with Crippen LogP contribution in [-0.4, -0.2) is 34.6 Å². The molecule has 11 heteroatoms. The van der Waals surface area contributed by atoms with E-state index in [9.17, 15) is 21.6 Å². The van der Waals surface area contributed by atoms with Gasteiger partial charge < -0.3 is 5.32 Å². The molecule has 0 bridgehead atoms. The lowest BCUT2D eigenvalue weighted by Gasteiger charge is -2.17. The fraction of sp³-hybridized carbons (Fsp3) is 0.172. The van der Waals surface area contributed by atoms with Crippen molar-refractivity contribution in [2.75, 3.05) is 11.6 Å². The third-order valence-corrected chi connectivity index (χ3v) is 6.94. The highest BCUT2D eigenvalue weighted by molar-refractivity contribution is 7.90. The first kappa shape index (κ1) is 28.6. The molecule has 0 saturated carbocycles. The molecule has 1 N–H and O–H groups in total. The Morgan fingerprint density at radius 2 is 1.52 bits per heavy atom. The van der Waals surface area contributed by atoms with Crippen LogP contribution >= 0.6 is 0 Å². The molecular formula is C29H26F3N5O2S. The maximum absolute atomic E-state index is 12.8. The fourth-order valence-corrected chi connectivity index (χ4v) is 4.53. The highest BCUT2D eigenvalue weighted by Gasteiger charge is 2.30. The summed E-state index contributed by atoms with van der Waals surface area (Å²) >= 11 is 0. The quantitative estimate of drug-likeness (QED) is 0.244. The summed E-state index contributed by atoms with van der Waals surface area (Å²) in [5.41, 5.74) is 2.54. The molecule has 0 aliphatic heterocycles. The van der Waals surface area contributed by atoms with Crippen molar-refractivity contribution in [1.82, 2.24) is 19.9 Å². The average molecular weight is 566 g/mol. The minimum atomic E-state index is -4.38. The van der Waals surface area contributed by atoms with Crippen molar-refractivity contribution in [2.45, 2.75) is 30.8 Å². The van der Waals surface area contributed by atoms with E-state index in [2.05, 4.69) is 25.3 Å². The van der Waals surface area contributed by atoms with E-state index in [0.29, 0.717) is 33.4 Å². The van der Waals surface area contributed by atoms with E-state index in [1.165, 1.54) is 24.7 Å². The summed E-state index contributed by atoms with van der Waals surface area (Å²) in [6, 6.07) is 20.8. The van der Waals surface area contributed by atoms with Crippen molar-refractivity contribution in [3.8, 4) is 11.4 Å². The van der Waals surface area contributed by atoms with Crippen molar-refractivity contribution in [2.24, 2.45) is 0 Å². The van der Waals surface area contributed by atoms with Gasteiger partial charge in [-0.2, -0.15) is 13.2 Å². The molecule has 7 nitrogen and oxygen atoms in total. The molecule has 0 atom stereocenters. The van der Waals surface area contributed by atoms with Gasteiger partial charge in [0.05, 0.1) is 21.8 Å². The molecular weight excluding hydrogens is 539 g/mol. The minimum Gasteiger partial charge on any atom is -0.340 e. The molecule has 0 unspecified atom stereocenters. The van der Waals surface area contributed by atoms with E-state index in [-0.39, 0.29) is 5.92 Å². The lowest BCUT2D eigenvalue weighted by molar-refractivity contribution is -0.137. The van der Waals surface area contributed by atoms with Gasteiger partial charge in [0, 0.05) is 29.1 Å². The zero-order valence-corrected chi connectivity index (χ0v) is 22.7. The van der Waals surface area contributed by atoms with Crippen LogP contribution in [0.15, 0.2) is 96.3 Å². The van der Waals surface area contributed by atoms with Gasteiger partial charge in [0.2, 0.25) is 0 Å². The fourth-order valence-electron chi connectivity index (χ4n) is 3.88. The average Bonchev–Trinajstić information content (AvgIpc) is 2.93. The predicted molar refractivity (Wildman–Crippen MR) is 149 cm³/mol. The second-order valence-corrected chi connectivity index (χ2v) is 11.2. The van der Waals surface area contributed by atoms with Gasteiger partial charge >= 0.3 is 6.18 Å². The van der Waals surface area contributed by atoms with Crippen LogP contribution in [-0.2, 0) is 16.0 Å². The molecule has 0 aliphatic rings. The Bertz CT molecular complexity index is 1710. The van der Waals surface area contributed by atoms with Crippen LogP contribution in [0.5, 0.6) is 0 Å². The molecule has 0 spiro atoms. The highest BCUT2D eigenvalue weighted by Crippen LogP contribution is 2.34. The van der Waals surface area contributed by atoms with Crippen LogP contribution in [0, 0.1) is 0 Å². The Hall–Kier alpha value is -4.38. The zero-order valence-electron chi connectivity index (χ0n) is 21.9. The van der Waals surface area contributed by atoms with Crippen molar-refractivity contribution >= 4 is 32.4 Å². The van der Waals surface area contributed by atoms with Crippen molar-refractivity contribution in [3.63, 3.8) is 0 Å². The van der Waals surface area contributed by atoms with Gasteiger partial charge in [-0.1, -0.05) is 32.0 Å². The minimum absolute atomic E-state index is 0.0411. The standard InChI is InChI=1S/C22H18F3N5.C7H8O2S/c1-13(2)18-19(17-10-5-14-4-3-11-26-20(14)30-17)27-12-28-21(18)29-16-8-6-15(7-9-16)22(23,24)25;1-10(8,9)7-5-3-2-4-6-7/h3-13H,1-2H3,(H,27,28,29);2-6H,1H3. The van der Waals surface area contributed by atoms with Gasteiger partial charge in [0.1, 0.15) is 12.1 Å². The maximum Gasteiger partial charge on any atom is 0.416 e. The molecule has 206 valence electrons. The molecule has 5 aromatic rings. The van der Waals surface area contributed by atoms with Gasteiger partial charge in [0.15, 0.2) is 15.5 Å². The summed E-state index contributed by atoms with van der Waals surface area (Å²) < 4.78 is 60.1. The molecule has 2 aromatic carbocycles. The number of pyridine rings is 2. The summed E-state index contributed by atoms with van der Waals surface area (Å²) in [4.78, 5) is 18.1. The first-order valence-electron chi connectivity index (χ1n) is 12.2. The predicted octanol–water partition coefficient (Wildman–Crippen LogP) is 7.06. The number of benzene rings is 2. The molecule has 3 heterocycles. The van der Waals surface area contributed by atoms with Crippen LogP contribution in [0.3, 0.4) is 0 Å². The first-order valence-corrected chi connectivity index (χ1v) is 14.1. The third-order valence-electron chi connectivity index (χ3n) is 5.81. The second-order valence-electron chi connectivity index (χ2n) is 9.17. The monoisotopic (exact) mass is 565 g/mol. The number of nitrogens with zero attached hydrogens (tertiary/aromatic N) is 4. The normalized spacial score (nSPS) is 11.7. The third kappa shape index (κ3) is 6.97. The number of rotatable bonds is 5. The molecule has 40 heavy (non-hydrogen) atoms. The Kier molecular flexibility index (Phi) is 8.43. The van der Waals surface area contributed by atoms with Crippen LogP contribution < -0.4 is 5.32 Å². The zero-order chi connectivity index (χ0) is 28.9. The first-order chi connectivity index (χ1) is 18.9. The van der Waals surface area contributed by atoms with Gasteiger partial charge in [-0.25, -0.2) is 28.4 Å². The van der Waals surface area contributed by atoms with Gasteiger partial charge in [-0.05, 0) is 66.6 Å². The summed E-state index contributed by atoms with van der Waals surface area (Å²) in [5.74, 6) is 0.567. The summed E-state index contributed by atoms with van der Waals surface area (Å²) in [6.07, 6.45) is -0.0835. The summed E-state index contributed by atoms with van der Waals surface area (Å²) in [6.45, 7) is 4.00. The molecule has 0 saturated heterocycles. The van der Waals surface area contributed by atoms with Gasteiger partial charge in [0.25, 0.3) is 0 Å². The Labute approximate surface area is 230 Å². The van der Waals surface area contributed by atoms with E-state index in [4.69, 9.17) is 0 Å². The molecule has 3 aromatic heterocycles. The number of anilines is 2. The van der Waals surface area contributed by atoms with E-state index in [1.807, 2.05) is 38.1 Å². The molecule has 0 amide bonds. The van der Waals surface area contributed by atoms with Crippen LogP contribution in [0.1, 0.15) is 30.9 Å². The number of aromatic nitrogens is 4. The van der Waals surface area contributed by atoms with Gasteiger partial charge in [-0.15, -0.1) is 0 Å². The highest BCUT2D eigenvalue weighted by atomic mass is 32.2. The van der Waals surface area contributed by atoms with Crippen LogP contribution in [0.25, 0.3) is 22.4 Å². The molecule has 5 rings (SSSR count). The molecule has 0 aliphatic carbocycles. The summed E-state index contributed by atoms with van der Waals surface area (Å²) in [5, 5.41) is 4.04. The van der Waals surface area contributed by atoms with E-state index < -0.39 is 21.6 Å². The Balaban J connectivity index is 0.000000312. The Morgan fingerprint density at radius 3 is 2.12 bits per heavy atom. The lowest BCUT2D eigenvalue weighted by Crippen LogP contribution is -2.07. The topological polar surface area (TPSA) is 97.7 Å². The van der Waals surface area contributed by atoms with E-state index in [1.54, 1.807) is 36.5 Å². The van der Waals surface area contributed by atoms with E-state index in [0.717, 1.165) is 23.1 Å². The number of halogens is 3. The SMILES string of the molecule is CC(C)c1c(Nc2ccc(C(F)(F)F)cc2)ncnc1-c1ccc2cccnc2n1.CS(=O)(=O)c1ccccc1. The summed E-state index contributed by atoms with van der Waals surface area (Å²) in [7, 11) is -3.00. The number of hydrogen-bond acceptors (Lipinski definition) is 7. The molecule has 0 fully saturated rings. The second kappa shape index (κ2) is 11.8. The van der Waals surface area contributed by atoms with Crippen LogP contribution in [0.2, 0.25) is 0 Å². The van der Waals surface area contributed by atoms with Crippen molar-refractivity contribution in [3.05, 3.63) is 103 Å². The number of alkyl halides is 3. The molecule has 0 radical (unpaired) electrons. The number of hydrogen-bond donors (Lipinski definition) is 1. The smallest absolute Gasteiger partial charge is 0.340 e. The Morgan fingerprint density at radius 1 is 0.825 bits per heavy atom. The van der Waals surface area contributed by atoms with E-state index >= 15 is 0 Å². The van der Waals surface area contributed by atoms with Crippen molar-refractivity contribution < 1.29 is 21.6 Å².